The van der Waals surface area contributed by atoms with E-state index in [2.05, 4.69) is 5.32 Å². The van der Waals surface area contributed by atoms with Crippen LogP contribution in [0.3, 0.4) is 0 Å². The molecule has 0 saturated carbocycles. The Morgan fingerprint density at radius 2 is 2.14 bits per heavy atom. The molecule has 1 fully saturated rings. The van der Waals surface area contributed by atoms with Crippen LogP contribution in [0.1, 0.15) is 32.8 Å². The van der Waals surface area contributed by atoms with Crippen molar-refractivity contribution < 1.29 is 13.9 Å². The predicted octanol–water partition coefficient (Wildman–Crippen LogP) is 3.56. The zero-order valence-electron chi connectivity index (χ0n) is 13.1. The highest BCUT2D eigenvalue weighted by Gasteiger charge is 2.29. The lowest BCUT2D eigenvalue weighted by atomic mass is 10.1. The zero-order valence-corrected chi connectivity index (χ0v) is 13.1. The number of carbonyl (C=O) groups is 1. The summed E-state index contributed by atoms with van der Waals surface area (Å²) in [5.74, 6) is -0.220. The van der Waals surface area contributed by atoms with Crippen LogP contribution in [0.4, 0.5) is 14.9 Å². The third-order valence-electron chi connectivity index (χ3n) is 3.47. The van der Waals surface area contributed by atoms with E-state index in [1.54, 1.807) is 17.9 Å². The lowest BCUT2D eigenvalue weighted by molar-refractivity contribution is 0.0293. The van der Waals surface area contributed by atoms with E-state index in [1.807, 2.05) is 26.8 Å². The van der Waals surface area contributed by atoms with E-state index in [-0.39, 0.29) is 18.0 Å². The largest absolute Gasteiger partial charge is 0.444 e. The summed E-state index contributed by atoms with van der Waals surface area (Å²) in [5.41, 5.74) is 0.904. The molecule has 1 aliphatic heterocycles. The Morgan fingerprint density at radius 1 is 1.43 bits per heavy atom. The maximum Gasteiger partial charge on any atom is 0.410 e. The van der Waals surface area contributed by atoms with Gasteiger partial charge in [-0.25, -0.2) is 9.18 Å². The summed E-state index contributed by atoms with van der Waals surface area (Å²) >= 11 is 0. The van der Waals surface area contributed by atoms with Gasteiger partial charge in [-0.1, -0.05) is 6.07 Å². The summed E-state index contributed by atoms with van der Waals surface area (Å²) in [7, 11) is 0. The number of hydrogen-bond donors (Lipinski definition) is 1. The van der Waals surface area contributed by atoms with E-state index < -0.39 is 5.60 Å². The van der Waals surface area contributed by atoms with Gasteiger partial charge >= 0.3 is 6.09 Å². The van der Waals surface area contributed by atoms with Gasteiger partial charge in [0.1, 0.15) is 11.4 Å². The molecule has 1 atom stereocenters. The first kappa shape index (κ1) is 15.6. The Balaban J connectivity index is 1.94. The van der Waals surface area contributed by atoms with Crippen molar-refractivity contribution in [2.24, 2.45) is 0 Å². The Bertz CT molecular complexity index is 525. The average molecular weight is 294 g/mol. The first-order valence-electron chi connectivity index (χ1n) is 7.26. The number of amides is 1. The van der Waals surface area contributed by atoms with Gasteiger partial charge in [-0.15, -0.1) is 0 Å². The monoisotopic (exact) mass is 294 g/mol. The molecule has 1 aromatic carbocycles. The van der Waals surface area contributed by atoms with Crippen LogP contribution < -0.4 is 5.32 Å². The highest BCUT2D eigenvalue weighted by atomic mass is 19.1. The minimum absolute atomic E-state index is 0.123. The normalized spacial score (nSPS) is 18.7. The predicted molar refractivity (Wildman–Crippen MR) is 81.0 cm³/mol. The van der Waals surface area contributed by atoms with Crippen LogP contribution in [-0.4, -0.2) is 35.7 Å². The molecule has 1 heterocycles. The van der Waals surface area contributed by atoms with Gasteiger partial charge in [0.15, 0.2) is 0 Å². The van der Waals surface area contributed by atoms with Gasteiger partial charge in [-0.3, -0.25) is 0 Å². The zero-order chi connectivity index (χ0) is 15.6. The molecule has 1 saturated heterocycles. The quantitative estimate of drug-likeness (QED) is 0.907. The molecule has 0 aromatic heterocycles. The summed E-state index contributed by atoms with van der Waals surface area (Å²) in [6.45, 7) is 8.54. The van der Waals surface area contributed by atoms with E-state index in [1.165, 1.54) is 6.07 Å². The standard InChI is InChI=1S/C16H23FN2O2/c1-11-13(17)6-5-7-14(11)18-12-8-9-19(10-12)15(20)21-16(2,3)4/h5-7,12,18H,8-10H2,1-4H3. The third-order valence-corrected chi connectivity index (χ3v) is 3.47. The number of likely N-dealkylation sites (tertiary alicyclic amines) is 1. The van der Waals surface area contributed by atoms with Crippen molar-refractivity contribution in [3.63, 3.8) is 0 Å². The van der Waals surface area contributed by atoms with E-state index in [0.717, 1.165) is 12.1 Å². The fourth-order valence-corrected chi connectivity index (χ4v) is 2.35. The number of nitrogens with one attached hydrogen (secondary N) is 1. The number of anilines is 1. The highest BCUT2D eigenvalue weighted by molar-refractivity contribution is 5.68. The van der Waals surface area contributed by atoms with Crippen molar-refractivity contribution in [2.75, 3.05) is 18.4 Å². The van der Waals surface area contributed by atoms with Crippen LogP contribution in [0.25, 0.3) is 0 Å². The molecule has 1 aliphatic rings. The topological polar surface area (TPSA) is 41.6 Å². The van der Waals surface area contributed by atoms with Gasteiger partial charge in [0.05, 0.1) is 0 Å². The minimum atomic E-state index is -0.484. The van der Waals surface area contributed by atoms with E-state index >= 15 is 0 Å². The molecule has 0 radical (unpaired) electrons. The van der Waals surface area contributed by atoms with E-state index in [9.17, 15) is 9.18 Å². The molecule has 116 valence electrons. The molecule has 21 heavy (non-hydrogen) atoms. The SMILES string of the molecule is Cc1c(F)cccc1NC1CCN(C(=O)OC(C)(C)C)C1. The Hall–Kier alpha value is -1.78. The summed E-state index contributed by atoms with van der Waals surface area (Å²) in [5, 5.41) is 3.31. The number of nitrogens with zero attached hydrogens (tertiary/aromatic N) is 1. The number of benzene rings is 1. The second-order valence-electron chi connectivity index (χ2n) is 6.47. The first-order chi connectivity index (χ1) is 9.76. The maximum atomic E-state index is 13.5. The maximum absolute atomic E-state index is 13.5. The Kier molecular flexibility index (Phi) is 4.40. The number of ether oxygens (including phenoxy) is 1. The van der Waals surface area contributed by atoms with Gasteiger partial charge in [0.2, 0.25) is 0 Å². The molecule has 1 amide bonds. The number of hydrogen-bond acceptors (Lipinski definition) is 3. The number of halogens is 1. The lowest BCUT2D eigenvalue weighted by Gasteiger charge is -2.24. The van der Waals surface area contributed by atoms with Crippen LogP contribution in [0.15, 0.2) is 18.2 Å². The molecule has 0 aliphatic carbocycles. The van der Waals surface area contributed by atoms with Gasteiger partial charge < -0.3 is 15.0 Å². The number of carbonyl (C=O) groups excluding carboxylic acids is 1. The average Bonchev–Trinajstić information content (AvgIpc) is 2.82. The molecule has 0 bridgehead atoms. The highest BCUT2D eigenvalue weighted by Crippen LogP contribution is 2.22. The summed E-state index contributed by atoms with van der Waals surface area (Å²) < 4.78 is 18.9. The van der Waals surface area contributed by atoms with Gasteiger partial charge in [0.25, 0.3) is 0 Å². The second-order valence-corrected chi connectivity index (χ2v) is 6.47. The minimum Gasteiger partial charge on any atom is -0.444 e. The summed E-state index contributed by atoms with van der Waals surface area (Å²) in [4.78, 5) is 13.7. The molecule has 4 nitrogen and oxygen atoms in total. The first-order valence-corrected chi connectivity index (χ1v) is 7.26. The van der Waals surface area contributed by atoms with Crippen LogP contribution >= 0.6 is 0 Å². The van der Waals surface area contributed by atoms with Gasteiger partial charge in [-0.2, -0.15) is 0 Å². The Labute approximate surface area is 125 Å². The summed E-state index contributed by atoms with van der Waals surface area (Å²) in [6.07, 6.45) is 0.539. The second kappa shape index (κ2) is 5.92. The van der Waals surface area contributed by atoms with E-state index in [0.29, 0.717) is 18.7 Å². The van der Waals surface area contributed by atoms with Crippen molar-refractivity contribution in [1.82, 2.24) is 4.90 Å². The van der Waals surface area contributed by atoms with Crippen LogP contribution in [0.2, 0.25) is 0 Å². The molecule has 1 aromatic rings. The van der Waals surface area contributed by atoms with E-state index in [4.69, 9.17) is 4.74 Å². The van der Waals surface area contributed by atoms with Crippen LogP contribution in [-0.2, 0) is 4.74 Å². The van der Waals surface area contributed by atoms with Crippen molar-refractivity contribution in [1.29, 1.82) is 0 Å². The summed E-state index contributed by atoms with van der Waals surface area (Å²) in [6, 6.07) is 5.11. The lowest BCUT2D eigenvalue weighted by Crippen LogP contribution is -2.36. The van der Waals surface area contributed by atoms with Crippen molar-refractivity contribution in [3.05, 3.63) is 29.6 Å². The van der Waals surface area contributed by atoms with Crippen LogP contribution in [0.5, 0.6) is 0 Å². The molecule has 5 heteroatoms. The molecule has 1 unspecified atom stereocenters. The number of rotatable bonds is 2. The van der Waals surface area contributed by atoms with Crippen molar-refractivity contribution in [2.45, 2.75) is 45.8 Å². The smallest absolute Gasteiger partial charge is 0.410 e. The fraction of sp³-hybridized carbons (Fsp3) is 0.562. The molecule has 2 rings (SSSR count). The molecular formula is C16H23FN2O2. The molecule has 1 N–H and O–H groups in total. The fourth-order valence-electron chi connectivity index (χ4n) is 2.35. The van der Waals surface area contributed by atoms with Crippen molar-refractivity contribution in [3.8, 4) is 0 Å². The van der Waals surface area contributed by atoms with Crippen molar-refractivity contribution >= 4 is 11.8 Å². The van der Waals surface area contributed by atoms with Gasteiger partial charge in [0, 0.05) is 30.4 Å². The van der Waals surface area contributed by atoms with Crippen LogP contribution in [0, 0.1) is 12.7 Å². The third kappa shape index (κ3) is 4.09. The Morgan fingerprint density at radius 3 is 2.81 bits per heavy atom. The molecular weight excluding hydrogens is 271 g/mol. The molecule has 0 spiro atoms. The van der Waals surface area contributed by atoms with Gasteiger partial charge in [-0.05, 0) is 46.2 Å².